The van der Waals surface area contributed by atoms with Crippen LogP contribution < -0.4 is 11.1 Å². The summed E-state index contributed by atoms with van der Waals surface area (Å²) in [5.41, 5.74) is 5.35. The van der Waals surface area contributed by atoms with Crippen molar-refractivity contribution in [3.63, 3.8) is 0 Å². The number of carbonyl (C=O) groups is 1. The Bertz CT molecular complexity index is 675. The largest absolute Gasteiger partial charge is 0.368 e. The second kappa shape index (κ2) is 9.72. The van der Waals surface area contributed by atoms with Gasteiger partial charge in [-0.25, -0.2) is 4.98 Å². The van der Waals surface area contributed by atoms with Crippen LogP contribution >= 0.6 is 11.6 Å². The summed E-state index contributed by atoms with van der Waals surface area (Å²) in [4.78, 5) is 20.3. The lowest BCUT2D eigenvalue weighted by Crippen LogP contribution is -2.52. The molecule has 0 bridgehead atoms. The molecule has 1 aromatic heterocycles. The van der Waals surface area contributed by atoms with Crippen molar-refractivity contribution in [1.29, 1.82) is 0 Å². The van der Waals surface area contributed by atoms with E-state index >= 15 is 0 Å². The van der Waals surface area contributed by atoms with E-state index in [9.17, 15) is 4.79 Å². The molecular weight excluding hydrogens is 356 g/mol. The topological polar surface area (TPSA) is 99.4 Å². The number of nitrogens with zero attached hydrogens (tertiary/aromatic N) is 2. The predicted molar refractivity (Wildman–Crippen MR) is 99.6 cm³/mol. The maximum absolute atomic E-state index is 12.1. The molecule has 1 aliphatic carbocycles. The molecule has 0 unspecified atom stereocenters. The first-order valence-corrected chi connectivity index (χ1v) is 9.24. The molecule has 0 aliphatic heterocycles. The average Bonchev–Trinajstić information content (AvgIpc) is 2.62. The molecule has 0 atom stereocenters. The first kappa shape index (κ1) is 20.4. The highest BCUT2D eigenvalue weighted by atomic mass is 35.5. The van der Waals surface area contributed by atoms with Crippen LogP contribution in [0, 0.1) is 11.8 Å². The van der Waals surface area contributed by atoms with Gasteiger partial charge in [-0.2, -0.15) is 4.98 Å². The number of nitrogens with two attached hydrogens (primary N) is 1. The third-order valence-electron chi connectivity index (χ3n) is 4.26. The van der Waals surface area contributed by atoms with Gasteiger partial charge in [0.1, 0.15) is 11.4 Å². The number of halogens is 1. The van der Waals surface area contributed by atoms with Crippen molar-refractivity contribution in [1.82, 2.24) is 9.97 Å². The minimum atomic E-state index is -0.842. The molecule has 7 nitrogen and oxygen atoms in total. The van der Waals surface area contributed by atoms with Crippen molar-refractivity contribution < 1.29 is 14.3 Å². The van der Waals surface area contributed by atoms with Gasteiger partial charge >= 0.3 is 0 Å². The fourth-order valence-corrected chi connectivity index (χ4v) is 3.07. The van der Waals surface area contributed by atoms with E-state index in [-0.39, 0.29) is 5.28 Å². The van der Waals surface area contributed by atoms with E-state index in [2.05, 4.69) is 27.1 Å². The average molecular weight is 381 g/mol. The fourth-order valence-electron chi connectivity index (χ4n) is 2.93. The van der Waals surface area contributed by atoms with Gasteiger partial charge in [-0.3, -0.25) is 4.79 Å². The molecule has 0 aromatic carbocycles. The number of ether oxygens (including phenoxy) is 2. The highest BCUT2D eigenvalue weighted by molar-refractivity contribution is 6.28. The highest BCUT2D eigenvalue weighted by Gasteiger charge is 2.38. The molecule has 8 heteroatoms. The normalized spacial score (nSPS) is 16.0. The number of hydrogen-bond acceptors (Lipinski definition) is 6. The second-order valence-electron chi connectivity index (χ2n) is 6.05. The molecule has 1 aromatic rings. The lowest BCUT2D eigenvalue weighted by atomic mass is 9.81. The van der Waals surface area contributed by atoms with Crippen molar-refractivity contribution in [3.05, 3.63) is 17.0 Å². The summed E-state index contributed by atoms with van der Waals surface area (Å²) >= 11 is 5.95. The standard InChI is InChI=1S/C18H25ClN4O3/c1-3-25-14(26-4-2)9-8-13-12-21-17(19)22-15(13)23-18(16(20)24)10-6-5-7-11-18/h12,14H,3-7,10-11H2,1-2H3,(H2,20,24)(H,21,22,23). The van der Waals surface area contributed by atoms with Gasteiger partial charge in [0, 0.05) is 19.4 Å². The number of anilines is 1. The van der Waals surface area contributed by atoms with Crippen LogP contribution in [-0.2, 0) is 14.3 Å². The summed E-state index contributed by atoms with van der Waals surface area (Å²) < 4.78 is 10.8. The number of aromatic nitrogens is 2. The molecule has 142 valence electrons. The summed E-state index contributed by atoms with van der Waals surface area (Å²) in [5.74, 6) is 5.86. The van der Waals surface area contributed by atoms with E-state index in [0.717, 1.165) is 19.3 Å². The van der Waals surface area contributed by atoms with Crippen LogP contribution in [0.2, 0.25) is 5.28 Å². The molecule has 2 rings (SSSR count). The van der Waals surface area contributed by atoms with E-state index in [4.69, 9.17) is 26.8 Å². The number of hydrogen-bond donors (Lipinski definition) is 2. The minimum absolute atomic E-state index is 0.0691. The van der Waals surface area contributed by atoms with Crippen molar-refractivity contribution in [2.24, 2.45) is 5.73 Å². The smallest absolute Gasteiger partial charge is 0.243 e. The summed E-state index contributed by atoms with van der Waals surface area (Å²) in [6.45, 7) is 4.69. The Kier molecular flexibility index (Phi) is 7.64. The first-order valence-electron chi connectivity index (χ1n) is 8.86. The Morgan fingerprint density at radius 2 is 2.00 bits per heavy atom. The molecule has 0 spiro atoms. The molecule has 0 saturated heterocycles. The Morgan fingerprint density at radius 1 is 1.35 bits per heavy atom. The zero-order chi connectivity index (χ0) is 19.0. The van der Waals surface area contributed by atoms with Gasteiger partial charge in [0.05, 0.1) is 5.56 Å². The molecule has 1 fully saturated rings. The van der Waals surface area contributed by atoms with E-state index in [1.165, 1.54) is 6.20 Å². The summed E-state index contributed by atoms with van der Waals surface area (Å²) in [6, 6.07) is 0. The van der Waals surface area contributed by atoms with Crippen molar-refractivity contribution >= 4 is 23.3 Å². The van der Waals surface area contributed by atoms with E-state index in [1.807, 2.05) is 13.8 Å². The van der Waals surface area contributed by atoms with Crippen molar-refractivity contribution in [3.8, 4) is 11.8 Å². The van der Waals surface area contributed by atoms with Crippen LogP contribution in [-0.4, -0.2) is 40.9 Å². The highest BCUT2D eigenvalue weighted by Crippen LogP contribution is 2.32. The maximum atomic E-state index is 12.1. The van der Waals surface area contributed by atoms with Crippen LogP contribution in [0.25, 0.3) is 0 Å². The van der Waals surface area contributed by atoms with Crippen LogP contribution in [0.15, 0.2) is 6.20 Å². The summed E-state index contributed by atoms with van der Waals surface area (Å²) in [5, 5.41) is 3.27. The lowest BCUT2D eigenvalue weighted by Gasteiger charge is -2.35. The quantitative estimate of drug-likeness (QED) is 0.428. The number of carbonyl (C=O) groups excluding carboxylic acids is 1. The molecule has 1 aliphatic rings. The van der Waals surface area contributed by atoms with Crippen molar-refractivity contribution in [2.45, 2.75) is 57.8 Å². The molecule has 0 radical (unpaired) electrons. The van der Waals surface area contributed by atoms with Gasteiger partial charge in [0.25, 0.3) is 0 Å². The second-order valence-corrected chi connectivity index (χ2v) is 6.38. The number of amides is 1. The van der Waals surface area contributed by atoms with Crippen LogP contribution in [0.1, 0.15) is 51.5 Å². The Labute approximate surface area is 159 Å². The molecule has 1 saturated carbocycles. The number of primary amides is 1. The lowest BCUT2D eigenvalue weighted by molar-refractivity contribution is -0.123. The number of rotatable bonds is 7. The molecule has 3 N–H and O–H groups in total. The van der Waals surface area contributed by atoms with Crippen LogP contribution in [0.4, 0.5) is 5.82 Å². The van der Waals surface area contributed by atoms with E-state index in [0.29, 0.717) is 37.4 Å². The monoisotopic (exact) mass is 380 g/mol. The maximum Gasteiger partial charge on any atom is 0.243 e. The summed E-state index contributed by atoms with van der Waals surface area (Å²) in [6.07, 6.45) is 5.09. The third kappa shape index (κ3) is 5.31. The zero-order valence-electron chi connectivity index (χ0n) is 15.2. The van der Waals surface area contributed by atoms with Crippen LogP contribution in [0.5, 0.6) is 0 Å². The van der Waals surface area contributed by atoms with E-state index < -0.39 is 17.7 Å². The first-order chi connectivity index (χ1) is 12.5. The predicted octanol–water partition coefficient (Wildman–Crippen LogP) is 2.48. The summed E-state index contributed by atoms with van der Waals surface area (Å²) in [7, 11) is 0. The van der Waals surface area contributed by atoms with Crippen molar-refractivity contribution in [2.75, 3.05) is 18.5 Å². The Morgan fingerprint density at radius 3 is 2.58 bits per heavy atom. The van der Waals surface area contributed by atoms with Gasteiger partial charge in [-0.15, -0.1) is 0 Å². The Balaban J connectivity index is 2.31. The van der Waals surface area contributed by atoms with E-state index in [1.54, 1.807) is 0 Å². The molecule has 1 heterocycles. The fraction of sp³-hybridized carbons (Fsp3) is 0.611. The van der Waals surface area contributed by atoms with Crippen LogP contribution in [0.3, 0.4) is 0 Å². The third-order valence-corrected chi connectivity index (χ3v) is 4.44. The van der Waals surface area contributed by atoms with Gasteiger partial charge in [-0.1, -0.05) is 25.2 Å². The molecule has 26 heavy (non-hydrogen) atoms. The number of nitrogens with one attached hydrogen (secondary N) is 1. The van der Waals surface area contributed by atoms with Gasteiger partial charge < -0.3 is 20.5 Å². The minimum Gasteiger partial charge on any atom is -0.368 e. The van der Waals surface area contributed by atoms with Gasteiger partial charge in [-0.05, 0) is 44.2 Å². The molecular formula is C18H25ClN4O3. The Hall–Kier alpha value is -1.88. The molecule has 1 amide bonds. The zero-order valence-corrected chi connectivity index (χ0v) is 15.9. The SMILES string of the molecule is CCOC(C#Cc1cnc(Cl)nc1NC1(C(N)=O)CCCCC1)OCC. The van der Waals surface area contributed by atoms with Gasteiger partial charge in [0.15, 0.2) is 0 Å². The van der Waals surface area contributed by atoms with Gasteiger partial charge in [0.2, 0.25) is 17.5 Å².